The van der Waals surface area contributed by atoms with Crippen LogP contribution >= 0.6 is 0 Å². The molecule has 0 unspecified atom stereocenters. The number of hydrogen-bond donors (Lipinski definition) is 2. The predicted octanol–water partition coefficient (Wildman–Crippen LogP) is 7.02. The molecule has 7 heteroatoms. The lowest BCUT2D eigenvalue weighted by molar-refractivity contribution is 0.242. The molecular weight excluding hydrogens is 546 g/mol. The van der Waals surface area contributed by atoms with Crippen molar-refractivity contribution in [3.05, 3.63) is 57.6 Å². The van der Waals surface area contributed by atoms with E-state index in [-0.39, 0.29) is 16.6 Å². The molecule has 2 aromatic rings. The maximum absolute atomic E-state index is 11.1. The van der Waals surface area contributed by atoms with Gasteiger partial charge in [-0.2, -0.15) is 0 Å². The zero-order valence-corrected chi connectivity index (χ0v) is 28.7. The third kappa shape index (κ3) is 8.42. The lowest BCUT2D eigenvalue weighted by atomic mass is 9.79. The van der Waals surface area contributed by atoms with Crippen LogP contribution in [0, 0.1) is 6.92 Å². The average Bonchev–Trinajstić information content (AvgIpc) is 2.93. The van der Waals surface area contributed by atoms with Gasteiger partial charge in [-0.1, -0.05) is 53.7 Å². The molecule has 2 aliphatic heterocycles. The summed E-state index contributed by atoms with van der Waals surface area (Å²) in [6.07, 6.45) is 7.66. The Morgan fingerprint density at radius 2 is 1.55 bits per heavy atom. The Morgan fingerprint density at radius 1 is 0.841 bits per heavy atom. The van der Waals surface area contributed by atoms with E-state index in [1.165, 1.54) is 17.9 Å². The quantitative estimate of drug-likeness (QED) is 0.303. The van der Waals surface area contributed by atoms with E-state index in [2.05, 4.69) is 70.4 Å². The second kappa shape index (κ2) is 13.3. The third-order valence-corrected chi connectivity index (χ3v) is 8.57. The highest BCUT2D eigenvalue weighted by molar-refractivity contribution is 5.86. The number of aryl methyl sites for hydroxylation is 2. The fourth-order valence-corrected chi connectivity index (χ4v) is 5.96. The van der Waals surface area contributed by atoms with Crippen LogP contribution in [0.3, 0.4) is 0 Å². The Morgan fingerprint density at radius 3 is 2.25 bits per heavy atom. The topological polar surface area (TPSA) is 84.0 Å². The van der Waals surface area contributed by atoms with E-state index in [0.717, 1.165) is 79.8 Å². The summed E-state index contributed by atoms with van der Waals surface area (Å²) < 4.78 is 0. The fourth-order valence-electron chi connectivity index (χ4n) is 5.96. The Hall–Kier alpha value is -3.35. The fraction of sp³-hybridized carbons (Fsp3) is 0.595. The number of nitrogens with zero attached hydrogens (tertiary/aromatic N) is 5. The van der Waals surface area contributed by atoms with Gasteiger partial charge in [0.2, 0.25) is 0 Å². The summed E-state index contributed by atoms with van der Waals surface area (Å²) in [4.78, 5) is 19.2. The highest BCUT2D eigenvalue weighted by Crippen LogP contribution is 2.37. The maximum Gasteiger partial charge on any atom is 0.196 e. The van der Waals surface area contributed by atoms with E-state index in [0.29, 0.717) is 12.3 Å². The molecule has 1 saturated heterocycles. The SMILES string of the molecule is Cc1cc(C=NCC(C)(C)N=Cc2cc(C(C)(C)C)cc(C(C)(C)C)c2O)c(O)c(CCCN2CCCN3CCCN=C32)c1. The van der Waals surface area contributed by atoms with Gasteiger partial charge in [0.15, 0.2) is 5.96 Å². The molecule has 2 aromatic carbocycles. The van der Waals surface area contributed by atoms with Crippen molar-refractivity contribution in [2.75, 3.05) is 39.3 Å². The molecule has 1 fully saturated rings. The van der Waals surface area contributed by atoms with Crippen LogP contribution in [0.15, 0.2) is 39.2 Å². The van der Waals surface area contributed by atoms with Crippen molar-refractivity contribution in [1.29, 1.82) is 0 Å². The maximum atomic E-state index is 11.1. The van der Waals surface area contributed by atoms with E-state index in [4.69, 9.17) is 15.0 Å². The van der Waals surface area contributed by atoms with Crippen molar-refractivity contribution in [1.82, 2.24) is 9.80 Å². The number of fused-ring (bicyclic) bond motifs is 1. The molecule has 240 valence electrons. The van der Waals surface area contributed by atoms with Gasteiger partial charge in [0, 0.05) is 61.8 Å². The Bertz CT molecular complexity index is 1410. The Kier molecular flexibility index (Phi) is 10.2. The minimum Gasteiger partial charge on any atom is -0.507 e. The molecular formula is C37H55N5O2. The summed E-state index contributed by atoms with van der Waals surface area (Å²) in [5, 5.41) is 22.3. The number of phenolic OH excluding ortho intramolecular Hbond substituents is 2. The van der Waals surface area contributed by atoms with Gasteiger partial charge in [-0.25, -0.2) is 0 Å². The van der Waals surface area contributed by atoms with Crippen LogP contribution < -0.4 is 0 Å². The van der Waals surface area contributed by atoms with Crippen molar-refractivity contribution >= 4 is 18.4 Å². The van der Waals surface area contributed by atoms with Gasteiger partial charge in [0.05, 0.1) is 12.1 Å². The molecule has 0 spiro atoms. The smallest absolute Gasteiger partial charge is 0.196 e. The first-order chi connectivity index (χ1) is 20.5. The van der Waals surface area contributed by atoms with Crippen LogP contribution in [-0.4, -0.2) is 83.2 Å². The highest BCUT2D eigenvalue weighted by Gasteiger charge is 2.26. The standard InChI is InChI=1S/C37H55N5O2/c1-26-19-27(13-10-15-41-17-12-18-42-16-11-14-39-34(41)42)32(43)28(20-26)23-38-25-37(8,9)40-24-29-21-30(35(2,3)4)22-31(33(29)44)36(5,6)7/h19-24,43-44H,10-18,25H2,1-9H3. The van der Waals surface area contributed by atoms with Crippen molar-refractivity contribution < 1.29 is 10.2 Å². The number of aliphatic imine (C=N–C) groups is 3. The predicted molar refractivity (Wildman–Crippen MR) is 185 cm³/mol. The van der Waals surface area contributed by atoms with Gasteiger partial charge in [0.25, 0.3) is 0 Å². The van der Waals surface area contributed by atoms with Crippen LogP contribution in [0.4, 0.5) is 0 Å². The molecule has 0 atom stereocenters. The van der Waals surface area contributed by atoms with Gasteiger partial charge < -0.3 is 20.0 Å². The number of benzene rings is 2. The monoisotopic (exact) mass is 601 g/mol. The van der Waals surface area contributed by atoms with Gasteiger partial charge in [-0.15, -0.1) is 0 Å². The van der Waals surface area contributed by atoms with Crippen molar-refractivity contribution in [2.24, 2.45) is 15.0 Å². The summed E-state index contributed by atoms with van der Waals surface area (Å²) in [6, 6.07) is 8.24. The number of phenols is 2. The minimum atomic E-state index is -0.491. The van der Waals surface area contributed by atoms with Gasteiger partial charge in [-0.3, -0.25) is 15.0 Å². The van der Waals surface area contributed by atoms with Crippen molar-refractivity contribution in [3.8, 4) is 11.5 Å². The van der Waals surface area contributed by atoms with Crippen LogP contribution in [0.5, 0.6) is 11.5 Å². The zero-order valence-electron chi connectivity index (χ0n) is 28.7. The second-order valence-corrected chi connectivity index (χ2v) is 15.3. The minimum absolute atomic E-state index is 0.0519. The molecule has 7 nitrogen and oxygen atoms in total. The van der Waals surface area contributed by atoms with Crippen molar-refractivity contribution in [2.45, 2.75) is 104 Å². The first-order valence-electron chi connectivity index (χ1n) is 16.3. The Balaban J connectivity index is 1.43. The summed E-state index contributed by atoms with van der Waals surface area (Å²) in [7, 11) is 0. The molecule has 0 saturated carbocycles. The molecule has 4 rings (SSSR count). The van der Waals surface area contributed by atoms with Crippen LogP contribution in [0.1, 0.15) is 108 Å². The lowest BCUT2D eigenvalue weighted by Gasteiger charge is -2.41. The number of aromatic hydroxyl groups is 2. The summed E-state index contributed by atoms with van der Waals surface area (Å²) in [5.41, 5.74) is 4.91. The first-order valence-corrected chi connectivity index (χ1v) is 16.3. The van der Waals surface area contributed by atoms with Gasteiger partial charge in [-0.05, 0) is 86.1 Å². The van der Waals surface area contributed by atoms with Crippen LogP contribution in [0.25, 0.3) is 0 Å². The summed E-state index contributed by atoms with van der Waals surface area (Å²) >= 11 is 0. The molecule has 0 aromatic heterocycles. The van der Waals surface area contributed by atoms with Gasteiger partial charge >= 0.3 is 0 Å². The van der Waals surface area contributed by atoms with E-state index in [9.17, 15) is 10.2 Å². The molecule has 44 heavy (non-hydrogen) atoms. The van der Waals surface area contributed by atoms with E-state index >= 15 is 0 Å². The summed E-state index contributed by atoms with van der Waals surface area (Å²) in [5.74, 6) is 1.77. The van der Waals surface area contributed by atoms with Crippen molar-refractivity contribution in [3.63, 3.8) is 0 Å². The first kappa shape index (κ1) is 33.5. The van der Waals surface area contributed by atoms with Crippen LogP contribution in [-0.2, 0) is 17.3 Å². The van der Waals surface area contributed by atoms with Gasteiger partial charge in [0.1, 0.15) is 11.5 Å². The molecule has 0 radical (unpaired) electrons. The average molecular weight is 602 g/mol. The molecule has 0 bridgehead atoms. The third-order valence-electron chi connectivity index (χ3n) is 8.57. The number of guanidine groups is 1. The highest BCUT2D eigenvalue weighted by atomic mass is 16.3. The van der Waals surface area contributed by atoms with E-state index < -0.39 is 5.54 Å². The molecule has 0 amide bonds. The molecule has 2 heterocycles. The largest absolute Gasteiger partial charge is 0.507 e. The molecule has 0 aliphatic carbocycles. The summed E-state index contributed by atoms with van der Waals surface area (Å²) in [6.45, 7) is 24.7. The zero-order chi connectivity index (χ0) is 32.3. The van der Waals surface area contributed by atoms with E-state index in [1.807, 2.05) is 26.0 Å². The molecule has 2 aliphatic rings. The lowest BCUT2D eigenvalue weighted by Crippen LogP contribution is -2.52. The normalized spacial score (nSPS) is 16.6. The Labute approximate surface area is 265 Å². The molecule has 2 N–H and O–H groups in total. The number of rotatable bonds is 9. The van der Waals surface area contributed by atoms with Crippen LogP contribution in [0.2, 0.25) is 0 Å². The van der Waals surface area contributed by atoms with E-state index in [1.54, 1.807) is 12.4 Å². The number of hydrogen-bond acceptors (Lipinski definition) is 7. The second-order valence-electron chi connectivity index (χ2n) is 15.3.